The zero-order valence-electron chi connectivity index (χ0n) is 10.4. The summed E-state index contributed by atoms with van der Waals surface area (Å²) < 4.78 is 1.65. The zero-order valence-corrected chi connectivity index (χ0v) is 10.4. The van der Waals surface area contributed by atoms with Gasteiger partial charge < -0.3 is 4.90 Å². The van der Waals surface area contributed by atoms with E-state index >= 15 is 0 Å². The predicted molar refractivity (Wildman–Crippen MR) is 63.9 cm³/mol. The van der Waals surface area contributed by atoms with Gasteiger partial charge in [-0.25, -0.2) is 4.98 Å². The molecule has 5 heteroatoms. The maximum absolute atomic E-state index is 12.0. The van der Waals surface area contributed by atoms with Gasteiger partial charge in [0.15, 0.2) is 0 Å². The number of likely N-dealkylation sites (N-methyl/N-ethyl adjacent to an activating group) is 1. The van der Waals surface area contributed by atoms with Gasteiger partial charge in [-0.1, -0.05) is 0 Å². The number of amides is 1. The number of carbonyl (C=O) groups is 1. The Hall–Kier alpha value is -1.65. The molecule has 1 aromatic rings. The van der Waals surface area contributed by atoms with Gasteiger partial charge in [0.2, 0.25) is 5.91 Å². The predicted octanol–water partition coefficient (Wildman–Crippen LogP) is 0.770. The minimum Gasteiger partial charge on any atom is -0.348 e. The average molecular weight is 235 g/mol. The number of rotatable bonds is 1. The first kappa shape index (κ1) is 11.8. The van der Waals surface area contributed by atoms with E-state index in [4.69, 9.17) is 0 Å². The Labute approximate surface area is 100 Å². The fourth-order valence-corrected chi connectivity index (χ4v) is 2.35. The van der Waals surface area contributed by atoms with Crippen LogP contribution in [0, 0.1) is 0 Å². The van der Waals surface area contributed by atoms with Crippen LogP contribution in [0.2, 0.25) is 0 Å². The molecule has 1 aromatic heterocycles. The first-order valence-corrected chi connectivity index (χ1v) is 5.81. The van der Waals surface area contributed by atoms with Crippen LogP contribution >= 0.6 is 0 Å². The van der Waals surface area contributed by atoms with Crippen molar-refractivity contribution in [2.45, 2.75) is 31.7 Å². The number of aromatic nitrogens is 2. The van der Waals surface area contributed by atoms with Gasteiger partial charge in [0, 0.05) is 32.4 Å². The number of hydrogen-bond donors (Lipinski definition) is 0. The fraction of sp³-hybridized carbons (Fsp3) is 0.583. The van der Waals surface area contributed by atoms with Crippen molar-refractivity contribution in [3.05, 3.63) is 28.4 Å². The van der Waals surface area contributed by atoms with Crippen LogP contribution in [0.3, 0.4) is 0 Å². The number of nitrogens with zero attached hydrogens (tertiary/aromatic N) is 3. The minimum atomic E-state index is -0.282. The molecule has 2 atom stereocenters. The molecule has 1 aliphatic heterocycles. The van der Waals surface area contributed by atoms with Crippen molar-refractivity contribution in [2.75, 3.05) is 14.1 Å². The zero-order chi connectivity index (χ0) is 12.6. The third-order valence-electron chi connectivity index (χ3n) is 3.27. The van der Waals surface area contributed by atoms with Crippen LogP contribution < -0.4 is 5.56 Å². The van der Waals surface area contributed by atoms with Crippen molar-refractivity contribution in [1.82, 2.24) is 14.5 Å². The molecule has 0 bridgehead atoms. The molecular weight excluding hydrogens is 218 g/mol. The average Bonchev–Trinajstić information content (AvgIpc) is 2.28. The van der Waals surface area contributed by atoms with Gasteiger partial charge in [-0.3, -0.25) is 14.2 Å². The molecule has 0 aromatic carbocycles. The molecule has 92 valence electrons. The summed E-state index contributed by atoms with van der Waals surface area (Å²) in [4.78, 5) is 29.7. The molecule has 1 aliphatic rings. The van der Waals surface area contributed by atoms with Gasteiger partial charge in [0.05, 0.1) is 5.92 Å². The highest BCUT2D eigenvalue weighted by atomic mass is 16.2. The lowest BCUT2D eigenvalue weighted by Crippen LogP contribution is -2.38. The molecule has 0 fully saturated rings. The lowest BCUT2D eigenvalue weighted by Gasteiger charge is -2.30. The van der Waals surface area contributed by atoms with Crippen LogP contribution in [0.1, 0.15) is 37.5 Å². The second kappa shape index (κ2) is 4.31. The quantitative estimate of drug-likeness (QED) is 0.722. The summed E-state index contributed by atoms with van der Waals surface area (Å²) in [6.07, 6.45) is 3.08. The molecule has 1 amide bonds. The molecule has 2 heterocycles. The highest BCUT2D eigenvalue weighted by molar-refractivity contribution is 5.82. The van der Waals surface area contributed by atoms with Crippen LogP contribution in [0.15, 0.2) is 17.1 Å². The van der Waals surface area contributed by atoms with E-state index in [0.717, 1.165) is 12.8 Å². The maximum atomic E-state index is 12.0. The summed E-state index contributed by atoms with van der Waals surface area (Å²) >= 11 is 0. The minimum absolute atomic E-state index is 0.0174. The number of fused-ring (bicyclic) bond motifs is 1. The van der Waals surface area contributed by atoms with E-state index in [9.17, 15) is 9.59 Å². The van der Waals surface area contributed by atoms with Gasteiger partial charge in [-0.05, 0) is 19.8 Å². The van der Waals surface area contributed by atoms with Gasteiger partial charge in [0.25, 0.3) is 5.56 Å². The van der Waals surface area contributed by atoms with Crippen molar-refractivity contribution in [3.8, 4) is 0 Å². The summed E-state index contributed by atoms with van der Waals surface area (Å²) in [6, 6.07) is 1.57. The third-order valence-corrected chi connectivity index (χ3v) is 3.27. The number of carbonyl (C=O) groups excluding carboxylic acids is 1. The van der Waals surface area contributed by atoms with E-state index in [1.54, 1.807) is 23.6 Å². The van der Waals surface area contributed by atoms with E-state index in [0.29, 0.717) is 5.82 Å². The van der Waals surface area contributed by atoms with Crippen molar-refractivity contribution in [2.24, 2.45) is 0 Å². The molecule has 0 saturated carbocycles. The topological polar surface area (TPSA) is 55.2 Å². The molecule has 0 saturated heterocycles. The van der Waals surface area contributed by atoms with Crippen molar-refractivity contribution >= 4 is 5.91 Å². The van der Waals surface area contributed by atoms with Crippen molar-refractivity contribution < 1.29 is 4.79 Å². The highest BCUT2D eigenvalue weighted by Gasteiger charge is 2.32. The normalized spacial score (nSPS) is 23.0. The largest absolute Gasteiger partial charge is 0.348 e. The Kier molecular flexibility index (Phi) is 3.00. The van der Waals surface area contributed by atoms with E-state index in [1.807, 2.05) is 6.92 Å². The van der Waals surface area contributed by atoms with Crippen LogP contribution in [0.5, 0.6) is 0 Å². The standard InChI is InChI=1S/C12H17N3O2/c1-8-4-5-9(12(17)14(2)3)11-13-7-6-10(16)15(8)11/h6-9H,4-5H2,1-3H3/t8-,9+/m0/s1. The second-order valence-electron chi connectivity index (χ2n) is 4.72. The maximum Gasteiger partial charge on any atom is 0.253 e. The van der Waals surface area contributed by atoms with Crippen LogP contribution in [-0.4, -0.2) is 34.5 Å². The Morgan fingerprint density at radius 2 is 2.18 bits per heavy atom. The molecule has 2 rings (SSSR count). The first-order chi connectivity index (χ1) is 8.02. The van der Waals surface area contributed by atoms with E-state index in [2.05, 4.69) is 4.98 Å². The molecule has 0 aliphatic carbocycles. The molecule has 17 heavy (non-hydrogen) atoms. The Bertz CT molecular complexity index is 493. The van der Waals surface area contributed by atoms with Crippen molar-refractivity contribution in [3.63, 3.8) is 0 Å². The summed E-state index contributed by atoms with van der Waals surface area (Å²) in [5, 5.41) is 0. The third kappa shape index (κ3) is 1.97. The fourth-order valence-electron chi connectivity index (χ4n) is 2.35. The molecule has 0 radical (unpaired) electrons. The van der Waals surface area contributed by atoms with Crippen LogP contribution in [-0.2, 0) is 4.79 Å². The molecule has 0 unspecified atom stereocenters. The van der Waals surface area contributed by atoms with E-state index in [1.165, 1.54) is 12.3 Å². The van der Waals surface area contributed by atoms with Gasteiger partial charge >= 0.3 is 0 Å². The number of hydrogen-bond acceptors (Lipinski definition) is 3. The Morgan fingerprint density at radius 3 is 2.82 bits per heavy atom. The lowest BCUT2D eigenvalue weighted by molar-refractivity contribution is -0.131. The molecule has 0 spiro atoms. The smallest absolute Gasteiger partial charge is 0.253 e. The lowest BCUT2D eigenvalue weighted by atomic mass is 9.93. The van der Waals surface area contributed by atoms with Crippen LogP contribution in [0.4, 0.5) is 0 Å². The van der Waals surface area contributed by atoms with Gasteiger partial charge in [-0.15, -0.1) is 0 Å². The summed E-state index contributed by atoms with van der Waals surface area (Å²) in [6.45, 7) is 1.99. The highest BCUT2D eigenvalue weighted by Crippen LogP contribution is 2.31. The molecule has 0 N–H and O–H groups in total. The van der Waals surface area contributed by atoms with Gasteiger partial charge in [0.1, 0.15) is 5.82 Å². The Balaban J connectivity index is 2.50. The molecule has 5 nitrogen and oxygen atoms in total. The van der Waals surface area contributed by atoms with Crippen LogP contribution in [0.25, 0.3) is 0 Å². The summed E-state index contributed by atoms with van der Waals surface area (Å²) in [5.74, 6) is 0.341. The first-order valence-electron chi connectivity index (χ1n) is 5.81. The van der Waals surface area contributed by atoms with E-state index in [-0.39, 0.29) is 23.4 Å². The second-order valence-corrected chi connectivity index (χ2v) is 4.72. The summed E-state index contributed by atoms with van der Waals surface area (Å²) in [5.41, 5.74) is -0.0706. The van der Waals surface area contributed by atoms with E-state index < -0.39 is 0 Å². The van der Waals surface area contributed by atoms with Gasteiger partial charge in [-0.2, -0.15) is 0 Å². The summed E-state index contributed by atoms with van der Waals surface area (Å²) in [7, 11) is 3.46. The molecular formula is C12H17N3O2. The SMILES string of the molecule is C[C@H]1CC[C@@H](C(=O)N(C)C)c2nccc(=O)n21. The van der Waals surface area contributed by atoms with Crippen molar-refractivity contribution in [1.29, 1.82) is 0 Å². The monoisotopic (exact) mass is 235 g/mol. The Morgan fingerprint density at radius 1 is 1.47 bits per heavy atom.